The van der Waals surface area contributed by atoms with Crippen molar-refractivity contribution in [2.24, 2.45) is 0 Å². The molecule has 0 aliphatic heterocycles. The third-order valence-electron chi connectivity index (χ3n) is 3.87. The molecule has 0 saturated carbocycles. The molecular formula is C18H20N4O3. The predicted molar refractivity (Wildman–Crippen MR) is 91.9 cm³/mol. The number of likely N-dealkylation sites (N-methyl/N-ethyl adjacent to an activating group) is 1. The molecule has 7 heteroatoms. The van der Waals surface area contributed by atoms with Crippen LogP contribution in [0.1, 0.15) is 28.0 Å². The molecule has 2 heterocycles. The molecule has 0 spiro atoms. The Labute approximate surface area is 145 Å². The van der Waals surface area contributed by atoms with Crippen LogP contribution in [0.3, 0.4) is 0 Å². The minimum absolute atomic E-state index is 0.0282. The van der Waals surface area contributed by atoms with Gasteiger partial charge in [-0.3, -0.25) is 9.69 Å². The number of aryl methyl sites for hydroxylation is 1. The van der Waals surface area contributed by atoms with Gasteiger partial charge in [0.05, 0.1) is 12.3 Å². The first-order valence-electron chi connectivity index (χ1n) is 7.93. The van der Waals surface area contributed by atoms with Gasteiger partial charge in [-0.2, -0.15) is 4.98 Å². The number of nitrogens with zero attached hydrogens (tertiary/aromatic N) is 3. The van der Waals surface area contributed by atoms with E-state index in [-0.39, 0.29) is 11.9 Å². The molecule has 1 unspecified atom stereocenters. The lowest BCUT2D eigenvalue weighted by Gasteiger charge is -2.22. The van der Waals surface area contributed by atoms with Gasteiger partial charge in [0.25, 0.3) is 11.8 Å². The summed E-state index contributed by atoms with van der Waals surface area (Å²) in [7, 11) is 3.89. The first kappa shape index (κ1) is 16.9. The van der Waals surface area contributed by atoms with Gasteiger partial charge in [-0.1, -0.05) is 5.16 Å². The Balaban J connectivity index is 1.65. The minimum atomic E-state index is -0.147. The summed E-state index contributed by atoms with van der Waals surface area (Å²) in [5, 5.41) is 6.70. The van der Waals surface area contributed by atoms with Gasteiger partial charge in [-0.05, 0) is 57.4 Å². The Morgan fingerprint density at radius 3 is 2.56 bits per heavy atom. The molecule has 2 aromatic heterocycles. The Bertz CT molecular complexity index is 822. The fourth-order valence-corrected chi connectivity index (χ4v) is 2.49. The third kappa shape index (κ3) is 3.95. The van der Waals surface area contributed by atoms with E-state index in [2.05, 4.69) is 15.5 Å². The van der Waals surface area contributed by atoms with Gasteiger partial charge in [-0.15, -0.1) is 0 Å². The van der Waals surface area contributed by atoms with E-state index >= 15 is 0 Å². The van der Waals surface area contributed by atoms with Crippen molar-refractivity contribution >= 4 is 5.91 Å². The lowest BCUT2D eigenvalue weighted by atomic mass is 10.1. The number of carbonyl (C=O) groups is 1. The largest absolute Gasteiger partial charge is 0.468 e. The summed E-state index contributed by atoms with van der Waals surface area (Å²) in [6.45, 7) is 2.21. The highest BCUT2D eigenvalue weighted by Crippen LogP contribution is 2.19. The van der Waals surface area contributed by atoms with Crippen molar-refractivity contribution in [3.63, 3.8) is 0 Å². The van der Waals surface area contributed by atoms with Crippen molar-refractivity contribution in [3.8, 4) is 11.5 Å². The van der Waals surface area contributed by atoms with E-state index in [1.807, 2.05) is 31.1 Å². The Hall–Kier alpha value is -2.93. The lowest BCUT2D eigenvalue weighted by Crippen LogP contribution is -2.34. The maximum atomic E-state index is 12.4. The number of nitrogens with one attached hydrogen (secondary N) is 1. The molecule has 1 aromatic carbocycles. The average Bonchev–Trinajstić information content (AvgIpc) is 3.27. The normalized spacial score (nSPS) is 12.3. The Morgan fingerprint density at radius 2 is 2.00 bits per heavy atom. The van der Waals surface area contributed by atoms with Crippen LogP contribution in [0.15, 0.2) is 51.6 Å². The van der Waals surface area contributed by atoms with Crippen molar-refractivity contribution in [2.45, 2.75) is 13.0 Å². The number of furan rings is 1. The van der Waals surface area contributed by atoms with Gasteiger partial charge in [0.1, 0.15) is 5.76 Å². The number of hydrogen-bond acceptors (Lipinski definition) is 6. The number of benzene rings is 1. The molecule has 3 aromatic rings. The maximum Gasteiger partial charge on any atom is 0.257 e. The molecular weight excluding hydrogens is 320 g/mol. The van der Waals surface area contributed by atoms with Gasteiger partial charge in [0.2, 0.25) is 0 Å². The molecule has 0 fully saturated rings. The number of carbonyl (C=O) groups excluding carboxylic acids is 1. The first-order valence-corrected chi connectivity index (χ1v) is 7.93. The molecule has 0 saturated heterocycles. The van der Waals surface area contributed by atoms with Crippen molar-refractivity contribution < 1.29 is 13.7 Å². The molecule has 7 nitrogen and oxygen atoms in total. The number of aromatic nitrogens is 2. The van der Waals surface area contributed by atoms with E-state index in [1.54, 1.807) is 37.5 Å². The number of rotatable bonds is 6. The van der Waals surface area contributed by atoms with Crippen LogP contribution >= 0.6 is 0 Å². The zero-order valence-electron chi connectivity index (χ0n) is 14.4. The van der Waals surface area contributed by atoms with Crippen LogP contribution in [-0.2, 0) is 0 Å². The molecule has 1 amide bonds. The Kier molecular flexibility index (Phi) is 4.95. The molecule has 0 bridgehead atoms. The highest BCUT2D eigenvalue weighted by Gasteiger charge is 2.18. The fraction of sp³-hybridized carbons (Fsp3) is 0.278. The zero-order valence-corrected chi connectivity index (χ0v) is 14.4. The van der Waals surface area contributed by atoms with E-state index in [9.17, 15) is 4.79 Å². The minimum Gasteiger partial charge on any atom is -0.468 e. The predicted octanol–water partition coefficient (Wildman–Crippen LogP) is 2.67. The van der Waals surface area contributed by atoms with E-state index in [0.29, 0.717) is 23.8 Å². The van der Waals surface area contributed by atoms with Crippen LogP contribution in [0.25, 0.3) is 11.5 Å². The van der Waals surface area contributed by atoms with Crippen molar-refractivity contribution in [2.75, 3.05) is 20.6 Å². The summed E-state index contributed by atoms with van der Waals surface area (Å²) < 4.78 is 10.6. The second-order valence-corrected chi connectivity index (χ2v) is 5.93. The van der Waals surface area contributed by atoms with Crippen LogP contribution in [-0.4, -0.2) is 41.6 Å². The van der Waals surface area contributed by atoms with Crippen molar-refractivity contribution in [3.05, 3.63) is 59.8 Å². The molecule has 1 N–H and O–H groups in total. The quantitative estimate of drug-likeness (QED) is 0.743. The van der Waals surface area contributed by atoms with E-state index < -0.39 is 0 Å². The lowest BCUT2D eigenvalue weighted by molar-refractivity contribution is 0.0939. The number of amides is 1. The number of hydrogen-bond donors (Lipinski definition) is 1. The van der Waals surface area contributed by atoms with Gasteiger partial charge >= 0.3 is 0 Å². The van der Waals surface area contributed by atoms with Crippen LogP contribution in [0.2, 0.25) is 0 Å². The molecule has 0 aliphatic carbocycles. The summed E-state index contributed by atoms with van der Waals surface area (Å²) in [5.41, 5.74) is 1.34. The van der Waals surface area contributed by atoms with E-state index in [4.69, 9.17) is 8.94 Å². The smallest absolute Gasteiger partial charge is 0.257 e. The van der Waals surface area contributed by atoms with Gasteiger partial charge in [0, 0.05) is 17.7 Å². The van der Waals surface area contributed by atoms with Gasteiger partial charge in [-0.25, -0.2) is 0 Å². The van der Waals surface area contributed by atoms with Crippen molar-refractivity contribution in [1.29, 1.82) is 0 Å². The highest BCUT2D eigenvalue weighted by atomic mass is 16.5. The van der Waals surface area contributed by atoms with Crippen molar-refractivity contribution in [1.82, 2.24) is 20.4 Å². The summed E-state index contributed by atoms with van der Waals surface area (Å²) in [6.07, 6.45) is 1.63. The topological polar surface area (TPSA) is 84.4 Å². The molecule has 0 radical (unpaired) electrons. The second kappa shape index (κ2) is 7.31. The van der Waals surface area contributed by atoms with Crippen LogP contribution in [0, 0.1) is 6.92 Å². The van der Waals surface area contributed by atoms with Crippen LogP contribution in [0.4, 0.5) is 0 Å². The molecule has 3 rings (SSSR count). The average molecular weight is 340 g/mol. The summed E-state index contributed by atoms with van der Waals surface area (Å²) in [5.74, 6) is 1.68. The fourth-order valence-electron chi connectivity index (χ4n) is 2.49. The monoisotopic (exact) mass is 340 g/mol. The van der Waals surface area contributed by atoms with Crippen LogP contribution < -0.4 is 5.32 Å². The molecule has 1 atom stereocenters. The van der Waals surface area contributed by atoms with Crippen LogP contribution in [0.5, 0.6) is 0 Å². The Morgan fingerprint density at radius 1 is 1.24 bits per heavy atom. The zero-order chi connectivity index (χ0) is 17.8. The maximum absolute atomic E-state index is 12.4. The van der Waals surface area contributed by atoms with E-state index in [0.717, 1.165) is 11.3 Å². The SMILES string of the molecule is Cc1noc(-c2ccc(C(=O)NCC(c3ccco3)N(C)C)cc2)n1. The summed E-state index contributed by atoms with van der Waals surface area (Å²) in [6, 6.07) is 10.8. The first-order chi connectivity index (χ1) is 12.0. The molecule has 0 aliphatic rings. The second-order valence-electron chi connectivity index (χ2n) is 5.93. The molecule has 25 heavy (non-hydrogen) atoms. The van der Waals surface area contributed by atoms with Gasteiger partial charge < -0.3 is 14.3 Å². The summed E-state index contributed by atoms with van der Waals surface area (Å²) >= 11 is 0. The molecule has 130 valence electrons. The third-order valence-corrected chi connectivity index (χ3v) is 3.87. The van der Waals surface area contributed by atoms with E-state index in [1.165, 1.54) is 0 Å². The van der Waals surface area contributed by atoms with Gasteiger partial charge in [0.15, 0.2) is 5.82 Å². The summed E-state index contributed by atoms with van der Waals surface area (Å²) in [4.78, 5) is 18.6. The standard InChI is InChI=1S/C18H20N4O3/c1-12-20-18(25-21-12)14-8-6-13(7-9-14)17(23)19-11-15(22(2)3)16-5-4-10-24-16/h4-10,15H,11H2,1-3H3,(H,19,23). The highest BCUT2D eigenvalue weighted by molar-refractivity contribution is 5.94.